The minimum atomic E-state index is -3.51. The number of thiazole rings is 1. The van der Waals surface area contributed by atoms with Crippen molar-refractivity contribution in [3.05, 3.63) is 35.8 Å². The molecule has 1 aliphatic rings. The lowest BCUT2D eigenvalue weighted by Crippen LogP contribution is -2.37. The van der Waals surface area contributed by atoms with Crippen molar-refractivity contribution >= 4 is 26.5 Å². The number of ether oxygens (including phenoxy) is 1. The summed E-state index contributed by atoms with van der Waals surface area (Å²) in [6, 6.07) is 6.29. The Hall–Kier alpha value is -1.64. The van der Waals surface area contributed by atoms with E-state index >= 15 is 0 Å². The SMILES string of the molecule is COc1ccc(S(=O)(=O)NC2CCN(c3nccs3)C2)cc1. The lowest BCUT2D eigenvalue weighted by molar-refractivity contribution is 0.414. The van der Waals surface area contributed by atoms with Gasteiger partial charge in [0.2, 0.25) is 10.0 Å². The summed E-state index contributed by atoms with van der Waals surface area (Å²) in [7, 11) is -1.96. The standard InChI is InChI=1S/C14H17N3O3S2/c1-20-12-2-4-13(5-3-12)22(18,19)16-11-6-8-17(10-11)14-15-7-9-21-14/h2-5,7,9,11,16H,6,8,10H2,1H3. The first-order valence-corrected chi connectivity index (χ1v) is 9.25. The predicted molar refractivity (Wildman–Crippen MR) is 86.0 cm³/mol. The van der Waals surface area contributed by atoms with Crippen LogP contribution >= 0.6 is 11.3 Å². The third-order valence-corrected chi connectivity index (χ3v) is 5.94. The van der Waals surface area contributed by atoms with Gasteiger partial charge in [0.1, 0.15) is 5.75 Å². The zero-order valence-electron chi connectivity index (χ0n) is 12.1. The number of aromatic nitrogens is 1. The van der Waals surface area contributed by atoms with Crippen LogP contribution in [0.3, 0.4) is 0 Å². The molecule has 1 atom stereocenters. The van der Waals surface area contributed by atoms with Gasteiger partial charge in [0.15, 0.2) is 5.13 Å². The first kappa shape index (κ1) is 15.3. The molecule has 0 amide bonds. The number of nitrogens with one attached hydrogen (secondary N) is 1. The van der Waals surface area contributed by atoms with Crippen molar-refractivity contribution in [3.63, 3.8) is 0 Å². The molecule has 3 rings (SSSR count). The minimum absolute atomic E-state index is 0.101. The van der Waals surface area contributed by atoms with Crippen LogP contribution in [0.25, 0.3) is 0 Å². The number of sulfonamides is 1. The van der Waals surface area contributed by atoms with Crippen molar-refractivity contribution in [2.24, 2.45) is 0 Å². The molecule has 1 fully saturated rings. The highest BCUT2D eigenvalue weighted by Crippen LogP contribution is 2.23. The van der Waals surface area contributed by atoms with Crippen LogP contribution in [0.4, 0.5) is 5.13 Å². The van der Waals surface area contributed by atoms with Crippen LogP contribution in [0, 0.1) is 0 Å². The van der Waals surface area contributed by atoms with Crippen LogP contribution < -0.4 is 14.4 Å². The van der Waals surface area contributed by atoms with E-state index in [2.05, 4.69) is 14.6 Å². The maximum atomic E-state index is 12.4. The number of anilines is 1. The number of rotatable bonds is 5. The average Bonchev–Trinajstić information content (AvgIpc) is 3.18. The normalized spacial score (nSPS) is 18.6. The first-order chi connectivity index (χ1) is 10.6. The van der Waals surface area contributed by atoms with E-state index in [1.807, 2.05) is 5.38 Å². The summed E-state index contributed by atoms with van der Waals surface area (Å²) in [4.78, 5) is 6.61. The summed E-state index contributed by atoms with van der Waals surface area (Å²) in [5.41, 5.74) is 0. The molecule has 1 aromatic heterocycles. The number of hydrogen-bond donors (Lipinski definition) is 1. The molecular formula is C14H17N3O3S2. The smallest absolute Gasteiger partial charge is 0.240 e. The van der Waals surface area contributed by atoms with Gasteiger partial charge >= 0.3 is 0 Å². The number of methoxy groups -OCH3 is 1. The van der Waals surface area contributed by atoms with E-state index in [0.717, 1.165) is 18.1 Å². The topological polar surface area (TPSA) is 71.5 Å². The van der Waals surface area contributed by atoms with Crippen molar-refractivity contribution in [2.45, 2.75) is 17.4 Å². The van der Waals surface area contributed by atoms with Crippen molar-refractivity contribution in [1.82, 2.24) is 9.71 Å². The maximum Gasteiger partial charge on any atom is 0.240 e. The second-order valence-corrected chi connectivity index (χ2v) is 7.63. The molecule has 22 heavy (non-hydrogen) atoms. The van der Waals surface area contributed by atoms with Crippen LogP contribution in [-0.4, -0.2) is 39.6 Å². The zero-order chi connectivity index (χ0) is 15.6. The van der Waals surface area contributed by atoms with E-state index < -0.39 is 10.0 Å². The Kier molecular flexibility index (Phi) is 4.32. The Labute approximate surface area is 133 Å². The second-order valence-electron chi connectivity index (χ2n) is 5.04. The molecule has 0 spiro atoms. The van der Waals surface area contributed by atoms with Crippen molar-refractivity contribution in [2.75, 3.05) is 25.1 Å². The molecule has 0 saturated carbocycles. The maximum absolute atomic E-state index is 12.4. The quantitative estimate of drug-likeness (QED) is 0.898. The van der Waals surface area contributed by atoms with Crippen molar-refractivity contribution in [3.8, 4) is 5.75 Å². The van der Waals surface area contributed by atoms with Gasteiger partial charge in [-0.05, 0) is 30.7 Å². The third-order valence-electron chi connectivity index (χ3n) is 3.57. The molecule has 0 radical (unpaired) electrons. The molecule has 8 heteroatoms. The Morgan fingerprint density at radius 1 is 1.36 bits per heavy atom. The highest BCUT2D eigenvalue weighted by atomic mass is 32.2. The van der Waals surface area contributed by atoms with E-state index in [4.69, 9.17) is 4.74 Å². The highest BCUT2D eigenvalue weighted by molar-refractivity contribution is 7.89. The summed E-state index contributed by atoms with van der Waals surface area (Å²) in [6.07, 6.45) is 2.53. The molecule has 0 aliphatic carbocycles. The second kappa shape index (κ2) is 6.23. The first-order valence-electron chi connectivity index (χ1n) is 6.89. The Balaban J connectivity index is 1.67. The molecule has 1 aliphatic heterocycles. The summed E-state index contributed by atoms with van der Waals surface area (Å²) in [5.74, 6) is 0.634. The molecular weight excluding hydrogens is 322 g/mol. The predicted octanol–water partition coefficient (Wildman–Crippen LogP) is 1.71. The highest BCUT2D eigenvalue weighted by Gasteiger charge is 2.28. The summed E-state index contributed by atoms with van der Waals surface area (Å²) in [6.45, 7) is 1.45. The number of benzene rings is 1. The molecule has 1 saturated heterocycles. The molecule has 0 bridgehead atoms. The molecule has 2 aromatic rings. The van der Waals surface area contributed by atoms with Crippen LogP contribution in [0.15, 0.2) is 40.7 Å². The van der Waals surface area contributed by atoms with Crippen LogP contribution in [0.2, 0.25) is 0 Å². The van der Waals surface area contributed by atoms with Crippen LogP contribution in [-0.2, 0) is 10.0 Å². The van der Waals surface area contributed by atoms with Gasteiger partial charge < -0.3 is 9.64 Å². The minimum Gasteiger partial charge on any atom is -0.497 e. The molecule has 6 nitrogen and oxygen atoms in total. The van der Waals surface area contributed by atoms with Gasteiger partial charge in [-0.2, -0.15) is 0 Å². The van der Waals surface area contributed by atoms with Gasteiger partial charge in [0.05, 0.1) is 12.0 Å². The molecule has 1 unspecified atom stereocenters. The van der Waals surface area contributed by atoms with E-state index in [1.54, 1.807) is 48.9 Å². The largest absolute Gasteiger partial charge is 0.497 e. The van der Waals surface area contributed by atoms with Gasteiger partial charge in [0, 0.05) is 30.7 Å². The van der Waals surface area contributed by atoms with Crippen molar-refractivity contribution in [1.29, 1.82) is 0 Å². The number of nitrogens with zero attached hydrogens (tertiary/aromatic N) is 2. The van der Waals surface area contributed by atoms with Crippen LogP contribution in [0.5, 0.6) is 5.75 Å². The monoisotopic (exact) mass is 339 g/mol. The average molecular weight is 339 g/mol. The fraction of sp³-hybridized carbons (Fsp3) is 0.357. The van der Waals surface area contributed by atoms with E-state index in [0.29, 0.717) is 12.3 Å². The Morgan fingerprint density at radius 2 is 2.14 bits per heavy atom. The summed E-state index contributed by atoms with van der Waals surface area (Å²) < 4.78 is 32.6. The zero-order valence-corrected chi connectivity index (χ0v) is 13.7. The van der Waals surface area contributed by atoms with Gasteiger partial charge in [-0.1, -0.05) is 0 Å². The Bertz CT molecular complexity index is 714. The Morgan fingerprint density at radius 3 is 2.77 bits per heavy atom. The summed E-state index contributed by atoms with van der Waals surface area (Å²) in [5, 5.41) is 2.86. The molecule has 1 N–H and O–H groups in total. The van der Waals surface area contributed by atoms with Gasteiger partial charge in [-0.15, -0.1) is 11.3 Å². The van der Waals surface area contributed by atoms with Crippen LogP contribution in [0.1, 0.15) is 6.42 Å². The molecule has 118 valence electrons. The fourth-order valence-electron chi connectivity index (χ4n) is 2.44. The molecule has 1 aromatic carbocycles. The fourth-order valence-corrected chi connectivity index (χ4v) is 4.39. The van der Waals surface area contributed by atoms with Gasteiger partial charge in [-0.25, -0.2) is 18.1 Å². The van der Waals surface area contributed by atoms with E-state index in [9.17, 15) is 8.42 Å². The van der Waals surface area contributed by atoms with Gasteiger partial charge in [0.25, 0.3) is 0 Å². The van der Waals surface area contributed by atoms with E-state index in [1.165, 1.54) is 0 Å². The van der Waals surface area contributed by atoms with Crippen molar-refractivity contribution < 1.29 is 13.2 Å². The summed E-state index contributed by atoms with van der Waals surface area (Å²) >= 11 is 1.56. The van der Waals surface area contributed by atoms with E-state index in [-0.39, 0.29) is 10.9 Å². The molecule has 2 heterocycles. The lowest BCUT2D eigenvalue weighted by Gasteiger charge is -2.16. The number of hydrogen-bond acceptors (Lipinski definition) is 6. The third kappa shape index (κ3) is 3.23. The van der Waals surface area contributed by atoms with Gasteiger partial charge in [-0.3, -0.25) is 0 Å². The lowest BCUT2D eigenvalue weighted by atomic mass is 10.3.